The van der Waals surface area contributed by atoms with Gasteiger partial charge in [-0.05, 0) is 70.6 Å². The number of halogens is 1. The molecule has 0 unspecified atom stereocenters. The Balaban J connectivity index is 1.61. The van der Waals surface area contributed by atoms with E-state index in [1.165, 1.54) is 5.56 Å². The summed E-state index contributed by atoms with van der Waals surface area (Å²) in [6, 6.07) is 19.4. The molecule has 0 saturated carbocycles. The van der Waals surface area contributed by atoms with Gasteiger partial charge >= 0.3 is 0 Å². The molecular weight excluding hydrogens is 425 g/mol. The van der Waals surface area contributed by atoms with Gasteiger partial charge in [-0.15, -0.1) is 0 Å². The van der Waals surface area contributed by atoms with Crippen molar-refractivity contribution in [1.82, 2.24) is 0 Å². The third-order valence-corrected chi connectivity index (χ3v) is 4.74. The zero-order chi connectivity index (χ0) is 17.8. The first-order valence-electron chi connectivity index (χ1n) is 8.10. The van der Waals surface area contributed by atoms with Crippen LogP contribution >= 0.6 is 22.6 Å². The Morgan fingerprint density at radius 3 is 2.32 bits per heavy atom. The largest absolute Gasteiger partial charge is 0.326 e. The van der Waals surface area contributed by atoms with Crippen molar-refractivity contribution in [3.8, 4) is 0 Å². The standard InChI is InChI=1S/C21H18INO2/c1-14-2-3-16-13-17(5-4-15(16)12-14)20(24)10-11-21(25)23-19-8-6-18(22)7-9-19/h2-9,12-13H,10-11H2,1H3,(H,23,25). The minimum atomic E-state index is -0.147. The predicted molar refractivity (Wildman–Crippen MR) is 110 cm³/mol. The third kappa shape index (κ3) is 4.66. The molecule has 1 amide bonds. The molecule has 0 bridgehead atoms. The van der Waals surface area contributed by atoms with Gasteiger partial charge in [-0.1, -0.05) is 35.9 Å². The molecule has 0 aromatic heterocycles. The molecule has 0 radical (unpaired) electrons. The van der Waals surface area contributed by atoms with Gasteiger partial charge in [-0.25, -0.2) is 0 Å². The summed E-state index contributed by atoms with van der Waals surface area (Å²) in [5.74, 6) is -0.161. The Hall–Kier alpha value is -2.21. The average Bonchev–Trinajstić information content (AvgIpc) is 2.61. The highest BCUT2D eigenvalue weighted by Gasteiger charge is 2.10. The lowest BCUT2D eigenvalue weighted by atomic mass is 10.0. The van der Waals surface area contributed by atoms with E-state index in [9.17, 15) is 9.59 Å². The zero-order valence-electron chi connectivity index (χ0n) is 13.9. The fraction of sp³-hybridized carbons (Fsp3) is 0.143. The summed E-state index contributed by atoms with van der Waals surface area (Å²) in [7, 11) is 0. The van der Waals surface area contributed by atoms with E-state index in [-0.39, 0.29) is 24.5 Å². The van der Waals surface area contributed by atoms with Crippen LogP contribution in [0.15, 0.2) is 60.7 Å². The van der Waals surface area contributed by atoms with Gasteiger partial charge in [0, 0.05) is 27.7 Å². The number of carbonyl (C=O) groups is 2. The second-order valence-corrected chi connectivity index (χ2v) is 7.29. The number of anilines is 1. The van der Waals surface area contributed by atoms with Gasteiger partial charge in [0.1, 0.15) is 0 Å². The van der Waals surface area contributed by atoms with Gasteiger partial charge < -0.3 is 5.32 Å². The Morgan fingerprint density at radius 2 is 1.56 bits per heavy atom. The monoisotopic (exact) mass is 443 g/mol. The predicted octanol–water partition coefficient (Wildman–Crippen LogP) is 5.35. The summed E-state index contributed by atoms with van der Waals surface area (Å²) in [6.07, 6.45) is 0.379. The fourth-order valence-corrected chi connectivity index (χ4v) is 3.03. The molecule has 4 heteroatoms. The molecule has 3 rings (SSSR count). The van der Waals surface area contributed by atoms with Crippen LogP contribution < -0.4 is 5.32 Å². The number of fused-ring (bicyclic) bond motifs is 1. The Labute approximate surface area is 160 Å². The Bertz CT molecular complexity index is 932. The molecule has 0 heterocycles. The second-order valence-electron chi connectivity index (χ2n) is 6.04. The van der Waals surface area contributed by atoms with Gasteiger partial charge in [0.15, 0.2) is 5.78 Å². The summed E-state index contributed by atoms with van der Waals surface area (Å²) in [5.41, 5.74) is 2.59. The van der Waals surface area contributed by atoms with Crippen LogP contribution in [-0.2, 0) is 4.79 Å². The van der Waals surface area contributed by atoms with Crippen molar-refractivity contribution in [3.05, 3.63) is 75.4 Å². The second kappa shape index (κ2) is 7.78. The van der Waals surface area contributed by atoms with Crippen LogP contribution in [0.5, 0.6) is 0 Å². The molecule has 0 fully saturated rings. The number of aryl methyl sites for hydroxylation is 1. The van der Waals surface area contributed by atoms with Crippen molar-refractivity contribution in [3.63, 3.8) is 0 Å². The van der Waals surface area contributed by atoms with E-state index in [0.717, 1.165) is 20.0 Å². The van der Waals surface area contributed by atoms with Crippen molar-refractivity contribution in [2.24, 2.45) is 0 Å². The summed E-state index contributed by atoms with van der Waals surface area (Å²) in [6.45, 7) is 2.05. The molecule has 3 nitrogen and oxygen atoms in total. The first-order valence-corrected chi connectivity index (χ1v) is 9.18. The Morgan fingerprint density at radius 1 is 0.880 bits per heavy atom. The summed E-state index contributed by atoms with van der Waals surface area (Å²) in [5, 5.41) is 4.98. The average molecular weight is 443 g/mol. The van der Waals surface area contributed by atoms with Crippen LogP contribution in [0.1, 0.15) is 28.8 Å². The SMILES string of the molecule is Cc1ccc2cc(C(=O)CCC(=O)Nc3ccc(I)cc3)ccc2c1. The molecule has 0 spiro atoms. The van der Waals surface area contributed by atoms with Crippen molar-refractivity contribution < 1.29 is 9.59 Å². The topological polar surface area (TPSA) is 46.2 Å². The number of rotatable bonds is 5. The van der Waals surface area contributed by atoms with Gasteiger partial charge in [-0.2, -0.15) is 0 Å². The Kier molecular flexibility index (Phi) is 5.48. The summed E-state index contributed by atoms with van der Waals surface area (Å²) < 4.78 is 1.11. The maximum Gasteiger partial charge on any atom is 0.224 e. The first kappa shape index (κ1) is 17.6. The molecule has 0 saturated heterocycles. The summed E-state index contributed by atoms with van der Waals surface area (Å²) >= 11 is 2.21. The van der Waals surface area contributed by atoms with Crippen molar-refractivity contribution in [2.75, 3.05) is 5.32 Å². The number of carbonyl (C=O) groups excluding carboxylic acids is 2. The highest BCUT2D eigenvalue weighted by Crippen LogP contribution is 2.19. The van der Waals surface area contributed by atoms with Crippen LogP contribution in [0, 0.1) is 10.5 Å². The minimum Gasteiger partial charge on any atom is -0.326 e. The van der Waals surface area contributed by atoms with Crippen LogP contribution in [0.3, 0.4) is 0 Å². The zero-order valence-corrected chi connectivity index (χ0v) is 16.0. The van der Waals surface area contributed by atoms with E-state index in [1.54, 1.807) is 0 Å². The number of amides is 1. The number of hydrogen-bond acceptors (Lipinski definition) is 2. The molecule has 0 atom stereocenters. The van der Waals surface area contributed by atoms with Crippen LogP contribution in [0.2, 0.25) is 0 Å². The number of Topliss-reactive ketones (excluding diaryl/α,β-unsaturated/α-hetero) is 1. The van der Waals surface area contributed by atoms with Crippen LogP contribution in [0.25, 0.3) is 10.8 Å². The van der Waals surface area contributed by atoms with E-state index in [1.807, 2.05) is 61.5 Å². The van der Waals surface area contributed by atoms with Gasteiger partial charge in [-0.3, -0.25) is 9.59 Å². The summed E-state index contributed by atoms with van der Waals surface area (Å²) in [4.78, 5) is 24.4. The molecular formula is C21H18INO2. The molecule has 3 aromatic rings. The van der Waals surface area contributed by atoms with Gasteiger partial charge in [0.05, 0.1) is 0 Å². The lowest BCUT2D eigenvalue weighted by molar-refractivity contribution is -0.116. The molecule has 1 N–H and O–H groups in total. The molecule has 0 aliphatic heterocycles. The van der Waals surface area contributed by atoms with E-state index >= 15 is 0 Å². The molecule has 25 heavy (non-hydrogen) atoms. The van der Waals surface area contributed by atoms with Crippen molar-refractivity contribution in [2.45, 2.75) is 19.8 Å². The normalized spacial score (nSPS) is 10.6. The smallest absolute Gasteiger partial charge is 0.224 e. The first-order chi connectivity index (χ1) is 12.0. The van der Waals surface area contributed by atoms with E-state index in [4.69, 9.17) is 0 Å². The number of nitrogens with one attached hydrogen (secondary N) is 1. The maximum absolute atomic E-state index is 12.4. The van der Waals surface area contributed by atoms with E-state index in [0.29, 0.717) is 5.56 Å². The lowest BCUT2D eigenvalue weighted by Gasteiger charge is -2.06. The number of ketones is 1. The van der Waals surface area contributed by atoms with Gasteiger partial charge in [0.25, 0.3) is 0 Å². The maximum atomic E-state index is 12.4. The van der Waals surface area contributed by atoms with Crippen LogP contribution in [0.4, 0.5) is 5.69 Å². The van der Waals surface area contributed by atoms with Gasteiger partial charge in [0.2, 0.25) is 5.91 Å². The number of benzene rings is 3. The highest BCUT2D eigenvalue weighted by atomic mass is 127. The van der Waals surface area contributed by atoms with E-state index in [2.05, 4.69) is 34.0 Å². The van der Waals surface area contributed by atoms with Crippen molar-refractivity contribution >= 4 is 50.7 Å². The molecule has 0 aliphatic carbocycles. The molecule has 0 aliphatic rings. The third-order valence-electron chi connectivity index (χ3n) is 4.02. The lowest BCUT2D eigenvalue weighted by Crippen LogP contribution is -2.13. The van der Waals surface area contributed by atoms with Crippen LogP contribution in [-0.4, -0.2) is 11.7 Å². The highest BCUT2D eigenvalue weighted by molar-refractivity contribution is 14.1. The molecule has 126 valence electrons. The molecule has 3 aromatic carbocycles. The quantitative estimate of drug-likeness (QED) is 0.427. The number of hydrogen-bond donors (Lipinski definition) is 1. The van der Waals surface area contributed by atoms with Crippen molar-refractivity contribution in [1.29, 1.82) is 0 Å². The minimum absolute atomic E-state index is 0.0137. The fourth-order valence-electron chi connectivity index (χ4n) is 2.67. The van der Waals surface area contributed by atoms with E-state index < -0.39 is 0 Å².